The molecule has 1 aliphatic heterocycles. The average Bonchev–Trinajstić information content (AvgIpc) is 2.28. The van der Waals surface area contributed by atoms with E-state index in [2.05, 4.69) is 10.3 Å². The van der Waals surface area contributed by atoms with E-state index in [0.29, 0.717) is 5.44 Å². The van der Waals surface area contributed by atoms with Gasteiger partial charge in [-0.25, -0.2) is 4.98 Å². The number of fused-ring (bicyclic) bond motifs is 1. The lowest BCUT2D eigenvalue weighted by Crippen LogP contribution is -2.27. The molecule has 0 amide bonds. The molecule has 6 heteroatoms. The van der Waals surface area contributed by atoms with Crippen LogP contribution < -0.4 is 10.8 Å². The highest BCUT2D eigenvalue weighted by Gasteiger charge is 2.22. The van der Waals surface area contributed by atoms with Crippen LogP contribution in [0.2, 0.25) is 0 Å². The molecule has 0 aromatic carbocycles. The highest BCUT2D eigenvalue weighted by atomic mass is 35.5. The zero-order valence-electron chi connectivity index (χ0n) is 9.14. The lowest BCUT2D eigenvalue weighted by Gasteiger charge is -2.18. The number of aromatic nitrogens is 1. The van der Waals surface area contributed by atoms with Crippen molar-refractivity contribution < 1.29 is 9.46 Å². The molecule has 2 N–H and O–H groups in total. The first-order valence-electron chi connectivity index (χ1n) is 5.15. The third-order valence-corrected chi connectivity index (χ3v) is 4.52. The zero-order chi connectivity index (χ0) is 10.9. The fraction of sp³-hybridized carbons (Fsp3) is 0.500. The van der Waals surface area contributed by atoms with Gasteiger partial charge in [-0.05, 0) is 11.6 Å². The van der Waals surface area contributed by atoms with Gasteiger partial charge in [0.15, 0.2) is 0 Å². The van der Waals surface area contributed by atoms with Crippen molar-refractivity contribution in [2.24, 2.45) is 0 Å². The maximum atomic E-state index is 11.7. The van der Waals surface area contributed by atoms with Crippen LogP contribution >= 0.6 is 19.8 Å². The zero-order valence-corrected chi connectivity index (χ0v) is 10.9. The average molecular weight is 263 g/mol. The predicted octanol–water partition coefficient (Wildman–Crippen LogP) is 1.06. The molecule has 4 nitrogen and oxygen atoms in total. The number of nitrogens with zero attached hydrogens (tertiary/aromatic N) is 1. The predicted molar refractivity (Wildman–Crippen MR) is 66.9 cm³/mol. The summed E-state index contributed by atoms with van der Waals surface area (Å²) in [5.74, 6) is 0. The molecule has 0 bridgehead atoms. The lowest BCUT2D eigenvalue weighted by molar-refractivity contribution is 0.490. The number of rotatable bonds is 2. The molecule has 2 rings (SSSR count). The monoisotopic (exact) mass is 262 g/mol. The van der Waals surface area contributed by atoms with E-state index >= 15 is 0 Å². The SMILES string of the molecule is CCP(=O)(O)c1ccc2c(n1)CCNC2.Cl. The fourth-order valence-electron chi connectivity index (χ4n) is 1.68. The Morgan fingerprint density at radius 3 is 3.00 bits per heavy atom. The molecular weight excluding hydrogens is 247 g/mol. The van der Waals surface area contributed by atoms with Crippen molar-refractivity contribution in [1.29, 1.82) is 0 Å². The first-order chi connectivity index (χ1) is 7.13. The van der Waals surface area contributed by atoms with Crippen LogP contribution in [-0.2, 0) is 17.5 Å². The highest BCUT2D eigenvalue weighted by Crippen LogP contribution is 2.37. The summed E-state index contributed by atoms with van der Waals surface area (Å²) in [6.07, 6.45) is 1.09. The van der Waals surface area contributed by atoms with Gasteiger partial charge < -0.3 is 10.2 Å². The van der Waals surface area contributed by atoms with E-state index in [4.69, 9.17) is 0 Å². The number of nitrogens with one attached hydrogen (secondary N) is 1. The number of halogens is 1. The van der Waals surface area contributed by atoms with E-state index in [1.807, 2.05) is 6.07 Å². The van der Waals surface area contributed by atoms with Gasteiger partial charge in [-0.3, -0.25) is 4.57 Å². The Labute approximate surface area is 101 Å². The molecule has 0 radical (unpaired) electrons. The third kappa shape index (κ3) is 2.64. The maximum absolute atomic E-state index is 11.7. The molecule has 1 aromatic heterocycles. The van der Waals surface area contributed by atoms with Gasteiger partial charge in [0, 0.05) is 31.4 Å². The molecule has 0 saturated heterocycles. The van der Waals surface area contributed by atoms with E-state index in [0.717, 1.165) is 30.8 Å². The Balaban J connectivity index is 0.00000128. The van der Waals surface area contributed by atoms with Gasteiger partial charge in [0.05, 0.1) is 0 Å². The number of pyridine rings is 1. The number of hydrogen-bond donors (Lipinski definition) is 2. The fourth-order valence-corrected chi connectivity index (χ4v) is 2.59. The van der Waals surface area contributed by atoms with Gasteiger partial charge in [0.2, 0.25) is 7.37 Å². The van der Waals surface area contributed by atoms with Crippen molar-refractivity contribution in [3.63, 3.8) is 0 Å². The topological polar surface area (TPSA) is 62.2 Å². The third-order valence-electron chi connectivity index (χ3n) is 2.69. The molecule has 90 valence electrons. The largest absolute Gasteiger partial charge is 0.340 e. The van der Waals surface area contributed by atoms with Gasteiger partial charge in [-0.1, -0.05) is 13.0 Å². The van der Waals surface area contributed by atoms with Gasteiger partial charge in [0.25, 0.3) is 0 Å². The van der Waals surface area contributed by atoms with Gasteiger partial charge in [0.1, 0.15) is 5.44 Å². The van der Waals surface area contributed by atoms with E-state index in [1.54, 1.807) is 13.0 Å². The highest BCUT2D eigenvalue weighted by molar-refractivity contribution is 7.65. The number of hydrogen-bond acceptors (Lipinski definition) is 3. The molecule has 16 heavy (non-hydrogen) atoms. The maximum Gasteiger partial charge on any atom is 0.247 e. The Kier molecular flexibility index (Phi) is 4.51. The van der Waals surface area contributed by atoms with Crippen LogP contribution in [0.3, 0.4) is 0 Å². The molecular formula is C10H16ClN2O2P. The molecule has 2 heterocycles. The van der Waals surface area contributed by atoms with Gasteiger partial charge in [-0.15, -0.1) is 12.4 Å². The van der Waals surface area contributed by atoms with Crippen LogP contribution in [0.15, 0.2) is 12.1 Å². The van der Waals surface area contributed by atoms with Crippen molar-refractivity contribution in [3.8, 4) is 0 Å². The summed E-state index contributed by atoms with van der Waals surface area (Å²) in [7, 11) is -3.20. The normalized spacial score (nSPS) is 18.1. The van der Waals surface area contributed by atoms with Crippen LogP contribution in [0.4, 0.5) is 0 Å². The quantitative estimate of drug-likeness (QED) is 0.783. The van der Waals surface area contributed by atoms with Gasteiger partial charge >= 0.3 is 0 Å². The molecule has 0 spiro atoms. The second-order valence-electron chi connectivity index (χ2n) is 3.72. The van der Waals surface area contributed by atoms with Crippen LogP contribution in [-0.4, -0.2) is 22.6 Å². The second kappa shape index (κ2) is 5.28. The molecule has 0 fully saturated rings. The van der Waals surface area contributed by atoms with E-state index < -0.39 is 7.37 Å². The van der Waals surface area contributed by atoms with Gasteiger partial charge in [-0.2, -0.15) is 0 Å². The Morgan fingerprint density at radius 1 is 1.56 bits per heavy atom. The van der Waals surface area contributed by atoms with Crippen LogP contribution in [0.25, 0.3) is 0 Å². The van der Waals surface area contributed by atoms with Crippen LogP contribution in [0.1, 0.15) is 18.2 Å². The van der Waals surface area contributed by atoms with Crippen molar-refractivity contribution in [2.75, 3.05) is 12.7 Å². The Bertz CT molecular complexity index is 425. The first kappa shape index (κ1) is 13.7. The molecule has 1 aliphatic rings. The molecule has 1 unspecified atom stereocenters. The van der Waals surface area contributed by atoms with Crippen LogP contribution in [0.5, 0.6) is 0 Å². The van der Waals surface area contributed by atoms with Crippen LogP contribution in [0, 0.1) is 0 Å². The molecule has 1 atom stereocenters. The van der Waals surface area contributed by atoms with Crippen molar-refractivity contribution in [1.82, 2.24) is 10.3 Å². The standard InChI is InChI=1S/C10H15N2O2P.ClH/c1-2-15(13,14)10-4-3-8-7-11-6-5-9(8)12-10;/h3-4,11H,2,5-7H2,1H3,(H,13,14);1H. The molecule has 0 aliphatic carbocycles. The van der Waals surface area contributed by atoms with Crippen molar-refractivity contribution in [2.45, 2.75) is 19.9 Å². The smallest absolute Gasteiger partial charge is 0.247 e. The first-order valence-corrected chi connectivity index (χ1v) is 7.00. The summed E-state index contributed by atoms with van der Waals surface area (Å²) in [5, 5.41) is 3.24. The minimum Gasteiger partial charge on any atom is -0.340 e. The van der Waals surface area contributed by atoms with Crippen molar-refractivity contribution in [3.05, 3.63) is 23.4 Å². The second-order valence-corrected chi connectivity index (χ2v) is 6.21. The van der Waals surface area contributed by atoms with Crippen molar-refractivity contribution >= 4 is 25.2 Å². The minimum atomic E-state index is -3.20. The lowest BCUT2D eigenvalue weighted by atomic mass is 10.1. The summed E-state index contributed by atoms with van der Waals surface area (Å²) in [6, 6.07) is 3.58. The molecule has 0 saturated carbocycles. The Morgan fingerprint density at radius 2 is 2.31 bits per heavy atom. The summed E-state index contributed by atoms with van der Waals surface area (Å²) in [6.45, 7) is 3.42. The summed E-state index contributed by atoms with van der Waals surface area (Å²) < 4.78 is 11.7. The van der Waals surface area contributed by atoms with E-state index in [9.17, 15) is 9.46 Å². The van der Waals surface area contributed by atoms with E-state index in [-0.39, 0.29) is 18.6 Å². The molecule has 1 aromatic rings. The summed E-state index contributed by atoms with van der Waals surface area (Å²) in [4.78, 5) is 14.0. The van der Waals surface area contributed by atoms with E-state index in [1.165, 1.54) is 0 Å². The summed E-state index contributed by atoms with van der Waals surface area (Å²) >= 11 is 0. The summed E-state index contributed by atoms with van der Waals surface area (Å²) in [5.41, 5.74) is 2.46. The minimum absolute atomic E-state index is 0. The Hall–Kier alpha value is -0.410.